The molecule has 2 rings (SSSR count). The molecule has 0 aromatic heterocycles. The lowest BCUT2D eigenvalue weighted by Crippen LogP contribution is -2.39. The number of hydrogen-bond acceptors (Lipinski definition) is 8. The van der Waals surface area contributed by atoms with Crippen molar-refractivity contribution in [2.75, 3.05) is 26.4 Å². The molecule has 24 heavy (non-hydrogen) atoms. The summed E-state index contributed by atoms with van der Waals surface area (Å²) >= 11 is 0. The van der Waals surface area contributed by atoms with Crippen molar-refractivity contribution < 1.29 is 39.4 Å². The number of ether oxygens (including phenoxy) is 4. The molecule has 2 aliphatic heterocycles. The van der Waals surface area contributed by atoms with E-state index in [0.29, 0.717) is 13.2 Å². The average Bonchev–Trinajstić information content (AvgIpc) is 2.60. The van der Waals surface area contributed by atoms with Crippen molar-refractivity contribution in [3.05, 3.63) is 24.3 Å². The molecule has 0 saturated heterocycles. The minimum absolute atomic E-state index is 0.266. The molecule has 0 saturated carbocycles. The van der Waals surface area contributed by atoms with Gasteiger partial charge >= 0.3 is 0 Å². The van der Waals surface area contributed by atoms with Crippen LogP contribution < -0.4 is 0 Å². The van der Waals surface area contributed by atoms with Crippen LogP contribution in [0.15, 0.2) is 24.3 Å². The first kappa shape index (κ1) is 19.5. The van der Waals surface area contributed by atoms with Crippen molar-refractivity contribution in [3.8, 4) is 0 Å². The zero-order chi connectivity index (χ0) is 17.4. The van der Waals surface area contributed by atoms with E-state index >= 15 is 0 Å². The van der Waals surface area contributed by atoms with Gasteiger partial charge in [-0.2, -0.15) is 0 Å². The summed E-state index contributed by atoms with van der Waals surface area (Å²) in [5.74, 6) is 0. The molecule has 8 nitrogen and oxygen atoms in total. The van der Waals surface area contributed by atoms with E-state index < -0.39 is 37.0 Å². The third-order valence-electron chi connectivity index (χ3n) is 3.77. The van der Waals surface area contributed by atoms with E-state index in [1.807, 2.05) is 0 Å². The monoisotopic (exact) mass is 346 g/mol. The van der Waals surface area contributed by atoms with Gasteiger partial charge in [0.15, 0.2) is 12.6 Å². The molecule has 8 heteroatoms. The smallest absolute Gasteiger partial charge is 0.177 e. The molecule has 4 N–H and O–H groups in total. The molecule has 0 bridgehead atoms. The summed E-state index contributed by atoms with van der Waals surface area (Å²) in [6.07, 6.45) is 3.75. The van der Waals surface area contributed by atoms with E-state index in [1.54, 1.807) is 24.3 Å². The molecule has 0 aromatic rings. The quantitative estimate of drug-likeness (QED) is 0.312. The highest BCUT2D eigenvalue weighted by Crippen LogP contribution is 2.15. The lowest BCUT2D eigenvalue weighted by molar-refractivity contribution is -0.185. The zero-order valence-corrected chi connectivity index (χ0v) is 13.4. The first-order valence-electron chi connectivity index (χ1n) is 8.12. The van der Waals surface area contributed by atoms with Gasteiger partial charge in [-0.25, -0.2) is 0 Å². The maximum atomic E-state index is 9.51. The Labute approximate surface area is 140 Å². The molecule has 0 unspecified atom stereocenters. The Kier molecular flexibility index (Phi) is 8.30. The summed E-state index contributed by atoms with van der Waals surface area (Å²) in [5.41, 5.74) is 0. The van der Waals surface area contributed by atoms with Crippen LogP contribution in [0.25, 0.3) is 0 Å². The van der Waals surface area contributed by atoms with Crippen LogP contribution in [0.2, 0.25) is 0 Å². The number of rotatable bonds is 9. The van der Waals surface area contributed by atoms with Crippen LogP contribution in [0.3, 0.4) is 0 Å². The molecular weight excluding hydrogens is 320 g/mol. The Morgan fingerprint density at radius 3 is 1.50 bits per heavy atom. The topological polar surface area (TPSA) is 118 Å². The Balaban J connectivity index is 1.54. The summed E-state index contributed by atoms with van der Waals surface area (Å²) in [5, 5.41) is 37.1. The second-order valence-corrected chi connectivity index (χ2v) is 5.65. The number of aliphatic hydroxyl groups is 4. The summed E-state index contributed by atoms with van der Waals surface area (Å²) in [4.78, 5) is 0. The van der Waals surface area contributed by atoms with Crippen molar-refractivity contribution in [1.82, 2.24) is 0 Å². The third kappa shape index (κ3) is 5.91. The standard InChI is InChI=1S/C16H26O8/c17-9-13-11(19)3-5-15(23-13)21-7-1-2-8-22-16-6-4-12(20)14(10-18)24-16/h3-6,11-20H,1-2,7-10H2/t11-,12-,13+,14+,15-,16-/m0/s1. The van der Waals surface area contributed by atoms with E-state index in [1.165, 1.54) is 0 Å². The molecule has 0 fully saturated rings. The van der Waals surface area contributed by atoms with Gasteiger partial charge in [0.1, 0.15) is 24.4 Å². The Morgan fingerprint density at radius 1 is 0.708 bits per heavy atom. The van der Waals surface area contributed by atoms with Crippen LogP contribution in [-0.4, -0.2) is 83.8 Å². The lowest BCUT2D eigenvalue weighted by Gasteiger charge is -2.28. The number of unbranched alkanes of at least 4 members (excludes halogenated alkanes) is 1. The SMILES string of the molecule is OC[C@H]1O[C@H](OCCCCO[C@@H]2C=C[C@H](O)[C@@H](CO)O2)C=C[C@@H]1O. The molecule has 6 atom stereocenters. The largest absolute Gasteiger partial charge is 0.394 e. The second-order valence-electron chi connectivity index (χ2n) is 5.65. The van der Waals surface area contributed by atoms with Crippen LogP contribution >= 0.6 is 0 Å². The fourth-order valence-electron chi connectivity index (χ4n) is 2.35. The summed E-state index contributed by atoms with van der Waals surface area (Å²) in [7, 11) is 0. The van der Waals surface area contributed by atoms with Crippen LogP contribution in [-0.2, 0) is 18.9 Å². The van der Waals surface area contributed by atoms with Gasteiger partial charge in [0.05, 0.1) is 26.4 Å². The van der Waals surface area contributed by atoms with Crippen molar-refractivity contribution in [2.45, 2.75) is 49.8 Å². The van der Waals surface area contributed by atoms with E-state index in [9.17, 15) is 10.2 Å². The van der Waals surface area contributed by atoms with Crippen molar-refractivity contribution in [1.29, 1.82) is 0 Å². The average molecular weight is 346 g/mol. The molecule has 0 spiro atoms. The van der Waals surface area contributed by atoms with E-state index in [4.69, 9.17) is 29.2 Å². The first-order valence-corrected chi connectivity index (χ1v) is 8.12. The maximum Gasteiger partial charge on any atom is 0.177 e. The highest BCUT2D eigenvalue weighted by atomic mass is 16.7. The molecule has 2 aliphatic rings. The van der Waals surface area contributed by atoms with Crippen LogP contribution in [0, 0.1) is 0 Å². The van der Waals surface area contributed by atoms with Gasteiger partial charge in [-0.15, -0.1) is 0 Å². The fourth-order valence-corrected chi connectivity index (χ4v) is 2.35. The van der Waals surface area contributed by atoms with Crippen LogP contribution in [0.5, 0.6) is 0 Å². The van der Waals surface area contributed by atoms with Crippen LogP contribution in [0.4, 0.5) is 0 Å². The summed E-state index contributed by atoms with van der Waals surface area (Å²) in [6.45, 7) is 0.368. The summed E-state index contributed by atoms with van der Waals surface area (Å²) in [6, 6.07) is 0. The zero-order valence-electron chi connectivity index (χ0n) is 13.4. The van der Waals surface area contributed by atoms with Gasteiger partial charge in [0.25, 0.3) is 0 Å². The molecule has 2 heterocycles. The second kappa shape index (κ2) is 10.2. The lowest BCUT2D eigenvalue weighted by atomic mass is 10.1. The Bertz CT molecular complexity index is 375. The third-order valence-corrected chi connectivity index (χ3v) is 3.77. The fraction of sp³-hybridized carbons (Fsp3) is 0.750. The van der Waals surface area contributed by atoms with E-state index in [0.717, 1.165) is 12.8 Å². The normalized spacial score (nSPS) is 36.2. The van der Waals surface area contributed by atoms with Gasteiger partial charge in [0, 0.05) is 0 Å². The predicted octanol–water partition coefficient (Wildman–Crippen LogP) is -0.932. The van der Waals surface area contributed by atoms with Crippen molar-refractivity contribution in [3.63, 3.8) is 0 Å². The minimum Gasteiger partial charge on any atom is -0.394 e. The molecule has 0 amide bonds. The van der Waals surface area contributed by atoms with E-state index in [2.05, 4.69) is 0 Å². The van der Waals surface area contributed by atoms with Crippen molar-refractivity contribution >= 4 is 0 Å². The Hall–Kier alpha value is -0.840. The molecule has 0 aromatic carbocycles. The molecular formula is C16H26O8. The number of hydrogen-bond donors (Lipinski definition) is 4. The van der Waals surface area contributed by atoms with Crippen molar-refractivity contribution in [2.24, 2.45) is 0 Å². The van der Waals surface area contributed by atoms with Crippen LogP contribution in [0.1, 0.15) is 12.8 Å². The van der Waals surface area contributed by atoms with E-state index in [-0.39, 0.29) is 13.2 Å². The number of aliphatic hydroxyl groups excluding tert-OH is 4. The highest BCUT2D eigenvalue weighted by Gasteiger charge is 2.26. The van der Waals surface area contributed by atoms with Gasteiger partial charge in [-0.3, -0.25) is 0 Å². The highest BCUT2D eigenvalue weighted by molar-refractivity contribution is 5.00. The minimum atomic E-state index is -0.812. The maximum absolute atomic E-state index is 9.51. The van der Waals surface area contributed by atoms with Gasteiger partial charge in [-0.05, 0) is 25.0 Å². The molecule has 0 radical (unpaired) electrons. The summed E-state index contributed by atoms with van der Waals surface area (Å²) < 4.78 is 21.7. The van der Waals surface area contributed by atoms with Gasteiger partial charge in [-0.1, -0.05) is 12.2 Å². The first-order chi connectivity index (χ1) is 11.6. The van der Waals surface area contributed by atoms with Gasteiger partial charge < -0.3 is 39.4 Å². The molecule has 138 valence electrons. The Morgan fingerprint density at radius 2 is 1.12 bits per heavy atom. The molecule has 0 aliphatic carbocycles. The van der Waals surface area contributed by atoms with Gasteiger partial charge in [0.2, 0.25) is 0 Å². The predicted molar refractivity (Wildman–Crippen MR) is 82.9 cm³/mol.